The SMILES string of the molecule is CCC(C(=O)O)n1cnc2scc(-c3ccc(OC)c(C)c3)c2c1=O. The molecule has 1 N–H and O–H groups in total. The monoisotopic (exact) mass is 358 g/mol. The quantitative estimate of drug-likeness (QED) is 0.755. The lowest BCUT2D eigenvalue weighted by Gasteiger charge is -2.13. The lowest BCUT2D eigenvalue weighted by molar-refractivity contribution is -0.141. The van der Waals surface area contributed by atoms with Gasteiger partial charge in [-0.25, -0.2) is 9.78 Å². The van der Waals surface area contributed by atoms with Crippen LogP contribution in [0.4, 0.5) is 0 Å². The Kier molecular flexibility index (Phi) is 4.59. The molecule has 0 aliphatic heterocycles. The molecule has 0 bridgehead atoms. The number of carboxylic acids is 1. The molecule has 0 spiro atoms. The van der Waals surface area contributed by atoms with Gasteiger partial charge in [0, 0.05) is 10.9 Å². The average Bonchev–Trinajstić information content (AvgIpc) is 3.02. The molecule has 0 aliphatic rings. The van der Waals surface area contributed by atoms with E-state index in [1.807, 2.05) is 30.5 Å². The summed E-state index contributed by atoms with van der Waals surface area (Å²) >= 11 is 1.37. The first-order valence-electron chi connectivity index (χ1n) is 7.84. The van der Waals surface area contributed by atoms with E-state index in [1.165, 1.54) is 22.2 Å². The van der Waals surface area contributed by atoms with Crippen LogP contribution in [0.5, 0.6) is 5.75 Å². The van der Waals surface area contributed by atoms with E-state index in [1.54, 1.807) is 14.0 Å². The lowest BCUT2D eigenvalue weighted by atomic mass is 10.0. The summed E-state index contributed by atoms with van der Waals surface area (Å²) in [5, 5.41) is 11.7. The number of aryl methyl sites for hydroxylation is 1. The number of carbonyl (C=O) groups is 1. The largest absolute Gasteiger partial charge is 0.496 e. The number of aromatic nitrogens is 2. The summed E-state index contributed by atoms with van der Waals surface area (Å²) in [6.07, 6.45) is 1.63. The summed E-state index contributed by atoms with van der Waals surface area (Å²) in [5.74, 6) is -0.265. The molecule has 3 aromatic rings. The van der Waals surface area contributed by atoms with Crippen molar-refractivity contribution in [2.24, 2.45) is 0 Å². The van der Waals surface area contributed by atoms with Gasteiger partial charge in [0.25, 0.3) is 5.56 Å². The molecule has 130 valence electrons. The van der Waals surface area contributed by atoms with Gasteiger partial charge in [-0.1, -0.05) is 13.0 Å². The first-order valence-corrected chi connectivity index (χ1v) is 8.72. The van der Waals surface area contributed by atoms with Crippen molar-refractivity contribution in [1.82, 2.24) is 9.55 Å². The molecule has 1 unspecified atom stereocenters. The molecule has 2 aromatic heterocycles. The van der Waals surface area contributed by atoms with Gasteiger partial charge in [-0.3, -0.25) is 9.36 Å². The van der Waals surface area contributed by atoms with E-state index in [4.69, 9.17) is 4.74 Å². The summed E-state index contributed by atoms with van der Waals surface area (Å²) < 4.78 is 6.48. The fraction of sp³-hybridized carbons (Fsp3) is 0.278. The Morgan fingerprint density at radius 2 is 2.20 bits per heavy atom. The van der Waals surface area contributed by atoms with Gasteiger partial charge in [-0.15, -0.1) is 11.3 Å². The van der Waals surface area contributed by atoms with Crippen LogP contribution in [0.3, 0.4) is 0 Å². The van der Waals surface area contributed by atoms with Gasteiger partial charge in [-0.05, 0) is 36.6 Å². The maximum Gasteiger partial charge on any atom is 0.326 e. The number of carboxylic acid groups (broad SMARTS) is 1. The number of rotatable bonds is 5. The summed E-state index contributed by atoms with van der Waals surface area (Å²) in [5.41, 5.74) is 2.27. The Labute approximate surface area is 148 Å². The number of hydrogen-bond acceptors (Lipinski definition) is 5. The first kappa shape index (κ1) is 17.2. The van der Waals surface area contributed by atoms with Crippen molar-refractivity contribution in [3.8, 4) is 16.9 Å². The fourth-order valence-corrected chi connectivity index (χ4v) is 3.82. The van der Waals surface area contributed by atoms with Crippen LogP contribution >= 0.6 is 11.3 Å². The Morgan fingerprint density at radius 3 is 2.80 bits per heavy atom. The summed E-state index contributed by atoms with van der Waals surface area (Å²) in [6.45, 7) is 3.67. The van der Waals surface area contributed by atoms with E-state index >= 15 is 0 Å². The number of benzene rings is 1. The van der Waals surface area contributed by atoms with E-state index in [2.05, 4.69) is 4.98 Å². The minimum absolute atomic E-state index is 0.309. The van der Waals surface area contributed by atoms with Gasteiger partial charge in [0.1, 0.15) is 16.6 Å². The second-order valence-electron chi connectivity index (χ2n) is 5.73. The molecule has 3 rings (SSSR count). The number of methoxy groups -OCH3 is 1. The van der Waals surface area contributed by atoms with E-state index in [-0.39, 0.29) is 5.56 Å². The molecule has 25 heavy (non-hydrogen) atoms. The first-order chi connectivity index (χ1) is 12.0. The van der Waals surface area contributed by atoms with E-state index < -0.39 is 12.0 Å². The third-order valence-electron chi connectivity index (χ3n) is 4.23. The van der Waals surface area contributed by atoms with Crippen LogP contribution in [-0.4, -0.2) is 27.7 Å². The van der Waals surface area contributed by atoms with Crippen molar-refractivity contribution in [2.75, 3.05) is 7.11 Å². The van der Waals surface area contributed by atoms with Gasteiger partial charge in [0.05, 0.1) is 18.8 Å². The van der Waals surface area contributed by atoms with Crippen molar-refractivity contribution in [3.05, 3.63) is 45.8 Å². The topological polar surface area (TPSA) is 81.4 Å². The van der Waals surface area contributed by atoms with Crippen molar-refractivity contribution in [2.45, 2.75) is 26.3 Å². The Morgan fingerprint density at radius 1 is 1.44 bits per heavy atom. The van der Waals surface area contributed by atoms with E-state index in [9.17, 15) is 14.7 Å². The molecule has 7 heteroatoms. The average molecular weight is 358 g/mol. The molecule has 2 heterocycles. The molecule has 1 atom stereocenters. The Hall–Kier alpha value is -2.67. The molecule has 0 aliphatic carbocycles. The van der Waals surface area contributed by atoms with Crippen LogP contribution in [0.2, 0.25) is 0 Å². The smallest absolute Gasteiger partial charge is 0.326 e. The number of thiophene rings is 1. The molecule has 0 saturated heterocycles. The molecular weight excluding hydrogens is 340 g/mol. The van der Waals surface area contributed by atoms with Crippen molar-refractivity contribution in [1.29, 1.82) is 0 Å². The zero-order valence-electron chi connectivity index (χ0n) is 14.1. The molecule has 0 fully saturated rings. The van der Waals surface area contributed by atoms with Crippen LogP contribution in [0.25, 0.3) is 21.3 Å². The minimum Gasteiger partial charge on any atom is -0.496 e. The molecule has 0 saturated carbocycles. The number of fused-ring (bicyclic) bond motifs is 1. The zero-order valence-corrected chi connectivity index (χ0v) is 15.0. The number of hydrogen-bond donors (Lipinski definition) is 1. The lowest BCUT2D eigenvalue weighted by Crippen LogP contribution is -2.29. The van der Waals surface area contributed by atoms with Crippen molar-refractivity contribution < 1.29 is 14.6 Å². The summed E-state index contributed by atoms with van der Waals surface area (Å²) in [4.78, 5) is 29.3. The highest BCUT2D eigenvalue weighted by atomic mass is 32.1. The fourth-order valence-electron chi connectivity index (χ4n) is 2.92. The maximum absolute atomic E-state index is 12.9. The van der Waals surface area contributed by atoms with Gasteiger partial charge < -0.3 is 9.84 Å². The van der Waals surface area contributed by atoms with Gasteiger partial charge >= 0.3 is 5.97 Å². The van der Waals surface area contributed by atoms with Crippen molar-refractivity contribution >= 4 is 27.5 Å². The Bertz CT molecular complexity index is 1010. The summed E-state index contributed by atoms with van der Waals surface area (Å²) in [7, 11) is 1.61. The van der Waals surface area contributed by atoms with Crippen LogP contribution in [-0.2, 0) is 4.79 Å². The molecule has 0 amide bonds. The minimum atomic E-state index is -1.04. The van der Waals surface area contributed by atoms with Crippen LogP contribution in [0, 0.1) is 6.92 Å². The summed E-state index contributed by atoms with van der Waals surface area (Å²) in [6, 6.07) is 4.77. The van der Waals surface area contributed by atoms with Crippen LogP contribution in [0.1, 0.15) is 24.9 Å². The number of nitrogens with zero attached hydrogens (tertiary/aromatic N) is 2. The molecule has 0 radical (unpaired) electrons. The number of ether oxygens (including phenoxy) is 1. The predicted octanol–water partition coefficient (Wildman–Crippen LogP) is 3.48. The van der Waals surface area contributed by atoms with Gasteiger partial charge in [0.2, 0.25) is 0 Å². The zero-order chi connectivity index (χ0) is 18.1. The third-order valence-corrected chi connectivity index (χ3v) is 5.12. The molecular formula is C18H18N2O4S. The second-order valence-corrected chi connectivity index (χ2v) is 6.59. The standard InChI is InChI=1S/C18H18N2O4S/c1-4-13(18(22)23)20-9-19-16-15(17(20)21)12(8-25-16)11-5-6-14(24-3)10(2)7-11/h5-9,13H,4H2,1-3H3,(H,22,23). The number of aliphatic carboxylic acids is 1. The van der Waals surface area contributed by atoms with Crippen molar-refractivity contribution in [3.63, 3.8) is 0 Å². The maximum atomic E-state index is 12.9. The third kappa shape index (κ3) is 2.91. The normalized spacial score (nSPS) is 12.3. The van der Waals surface area contributed by atoms with E-state index in [0.717, 1.165) is 22.4 Å². The molecule has 6 nitrogen and oxygen atoms in total. The highest BCUT2D eigenvalue weighted by Gasteiger charge is 2.22. The van der Waals surface area contributed by atoms with Gasteiger partial charge in [-0.2, -0.15) is 0 Å². The predicted molar refractivity (Wildman–Crippen MR) is 97.6 cm³/mol. The Balaban J connectivity index is 2.23. The van der Waals surface area contributed by atoms with Crippen LogP contribution < -0.4 is 10.3 Å². The van der Waals surface area contributed by atoms with Gasteiger partial charge in [0.15, 0.2) is 0 Å². The highest BCUT2D eigenvalue weighted by molar-refractivity contribution is 7.17. The van der Waals surface area contributed by atoms with E-state index in [0.29, 0.717) is 16.6 Å². The second kappa shape index (κ2) is 6.68. The molecule has 1 aromatic carbocycles. The van der Waals surface area contributed by atoms with Crippen LogP contribution in [0.15, 0.2) is 34.7 Å². The highest BCUT2D eigenvalue weighted by Crippen LogP contribution is 2.33.